The minimum Gasteiger partial charge on any atom is -0.325 e. The van der Waals surface area contributed by atoms with Crippen molar-refractivity contribution in [3.05, 3.63) is 78.5 Å². The molecule has 0 spiro atoms. The van der Waals surface area contributed by atoms with Crippen LogP contribution in [-0.4, -0.2) is 15.0 Å². The van der Waals surface area contributed by atoms with Gasteiger partial charge in [0.2, 0.25) is 0 Å². The quantitative estimate of drug-likeness (QED) is 0.629. The highest BCUT2D eigenvalue weighted by Crippen LogP contribution is 2.28. The molecule has 0 amide bonds. The van der Waals surface area contributed by atoms with Crippen LogP contribution in [-0.2, 0) is 6.54 Å². The summed E-state index contributed by atoms with van der Waals surface area (Å²) in [5.41, 5.74) is 9.69. The molecule has 0 atom stereocenters. The summed E-state index contributed by atoms with van der Waals surface area (Å²) in [5.74, 6) is 0. The molecule has 4 heteroatoms. The zero-order valence-electron chi connectivity index (χ0n) is 12.6. The molecule has 0 radical (unpaired) electrons. The van der Waals surface area contributed by atoms with Crippen molar-refractivity contribution in [3.63, 3.8) is 0 Å². The molecule has 112 valence electrons. The van der Waals surface area contributed by atoms with E-state index in [0.29, 0.717) is 6.54 Å². The zero-order chi connectivity index (χ0) is 15.6. The van der Waals surface area contributed by atoms with Crippen molar-refractivity contribution < 1.29 is 0 Å². The van der Waals surface area contributed by atoms with Gasteiger partial charge in [-0.3, -0.25) is 0 Å². The monoisotopic (exact) mass is 300 g/mol. The van der Waals surface area contributed by atoms with E-state index in [1.165, 1.54) is 5.39 Å². The summed E-state index contributed by atoms with van der Waals surface area (Å²) in [7, 11) is 0. The fraction of sp³-hybridized carbons (Fsp3) is 0.0526. The van der Waals surface area contributed by atoms with Crippen molar-refractivity contribution in [2.24, 2.45) is 5.73 Å². The Morgan fingerprint density at radius 2 is 1.57 bits per heavy atom. The van der Waals surface area contributed by atoms with Crippen LogP contribution in [0.2, 0.25) is 0 Å². The lowest BCUT2D eigenvalue weighted by Gasteiger charge is -2.10. The lowest BCUT2D eigenvalue weighted by Crippen LogP contribution is -2.03. The van der Waals surface area contributed by atoms with Gasteiger partial charge in [-0.05, 0) is 11.5 Å². The van der Waals surface area contributed by atoms with Gasteiger partial charge in [0, 0.05) is 17.5 Å². The number of fused-ring (bicyclic) bond motifs is 1. The molecule has 4 aromatic rings. The third-order valence-corrected chi connectivity index (χ3v) is 3.98. The molecular formula is C19H16N4. The van der Waals surface area contributed by atoms with Gasteiger partial charge in [-0.2, -0.15) is 0 Å². The maximum absolute atomic E-state index is 5.88. The molecule has 0 aliphatic heterocycles. The smallest absolute Gasteiger partial charge is 0.105 e. The van der Waals surface area contributed by atoms with Crippen LogP contribution in [0.4, 0.5) is 0 Å². The van der Waals surface area contributed by atoms with Crippen molar-refractivity contribution in [1.82, 2.24) is 15.0 Å². The van der Waals surface area contributed by atoms with Crippen LogP contribution in [0.5, 0.6) is 0 Å². The predicted octanol–water partition coefficient (Wildman–Crippen LogP) is 3.55. The van der Waals surface area contributed by atoms with Crippen LogP contribution in [0.3, 0.4) is 0 Å². The normalized spacial score (nSPS) is 11.0. The van der Waals surface area contributed by atoms with E-state index in [-0.39, 0.29) is 0 Å². The Balaban J connectivity index is 2.01. The predicted molar refractivity (Wildman–Crippen MR) is 92.2 cm³/mol. The highest BCUT2D eigenvalue weighted by molar-refractivity contribution is 5.90. The number of hydrogen-bond acceptors (Lipinski definition) is 3. The van der Waals surface area contributed by atoms with E-state index in [1.54, 1.807) is 0 Å². The third-order valence-electron chi connectivity index (χ3n) is 3.98. The molecule has 4 nitrogen and oxygen atoms in total. The Bertz CT molecular complexity index is 952. The van der Waals surface area contributed by atoms with Gasteiger partial charge in [0.15, 0.2) is 0 Å². The summed E-state index contributed by atoms with van der Waals surface area (Å²) in [4.78, 5) is 0. The van der Waals surface area contributed by atoms with Gasteiger partial charge < -0.3 is 5.73 Å². The molecule has 0 unspecified atom stereocenters. The Morgan fingerprint density at radius 1 is 0.826 bits per heavy atom. The van der Waals surface area contributed by atoms with Crippen LogP contribution in [0.15, 0.2) is 72.8 Å². The first-order valence-corrected chi connectivity index (χ1v) is 7.56. The second kappa shape index (κ2) is 5.66. The van der Waals surface area contributed by atoms with E-state index in [1.807, 2.05) is 41.1 Å². The number of nitrogens with zero attached hydrogens (tertiary/aromatic N) is 3. The van der Waals surface area contributed by atoms with Gasteiger partial charge in [-0.1, -0.05) is 71.9 Å². The number of nitrogens with two attached hydrogens (primary N) is 1. The summed E-state index contributed by atoms with van der Waals surface area (Å²) < 4.78 is 1.89. The van der Waals surface area contributed by atoms with E-state index in [2.05, 4.69) is 46.7 Å². The lowest BCUT2D eigenvalue weighted by atomic mass is 10.1. The molecule has 0 bridgehead atoms. The van der Waals surface area contributed by atoms with Crippen molar-refractivity contribution in [2.75, 3.05) is 0 Å². The minimum atomic E-state index is 0.356. The average Bonchev–Trinajstić information content (AvgIpc) is 3.06. The van der Waals surface area contributed by atoms with Crippen LogP contribution in [0.1, 0.15) is 5.69 Å². The molecule has 0 aliphatic carbocycles. The Morgan fingerprint density at radius 3 is 2.39 bits per heavy atom. The molecule has 2 N–H and O–H groups in total. The average molecular weight is 300 g/mol. The van der Waals surface area contributed by atoms with Crippen LogP contribution < -0.4 is 5.73 Å². The van der Waals surface area contributed by atoms with Crippen molar-refractivity contribution in [3.8, 4) is 16.9 Å². The highest BCUT2D eigenvalue weighted by Gasteiger charge is 2.16. The first-order valence-electron chi connectivity index (χ1n) is 7.56. The van der Waals surface area contributed by atoms with Gasteiger partial charge in [0.25, 0.3) is 0 Å². The Kier molecular flexibility index (Phi) is 3.37. The molecule has 4 rings (SSSR count). The molecule has 1 heterocycles. The summed E-state index contributed by atoms with van der Waals surface area (Å²) >= 11 is 0. The molecule has 0 saturated carbocycles. The summed E-state index contributed by atoms with van der Waals surface area (Å²) in [6.45, 7) is 0.356. The van der Waals surface area contributed by atoms with Crippen molar-refractivity contribution in [1.29, 1.82) is 0 Å². The highest BCUT2D eigenvalue weighted by atomic mass is 15.4. The van der Waals surface area contributed by atoms with Gasteiger partial charge in [-0.15, -0.1) is 5.10 Å². The largest absolute Gasteiger partial charge is 0.325 e. The van der Waals surface area contributed by atoms with E-state index >= 15 is 0 Å². The summed E-state index contributed by atoms with van der Waals surface area (Å²) in [5, 5.41) is 11.0. The van der Waals surface area contributed by atoms with E-state index in [9.17, 15) is 0 Å². The first kappa shape index (κ1) is 13.7. The van der Waals surface area contributed by atoms with Gasteiger partial charge in [0.1, 0.15) is 5.69 Å². The SMILES string of the molecule is NCc1nnn(-c2cccc3ccccc23)c1-c1ccccc1. The second-order valence-corrected chi connectivity index (χ2v) is 5.36. The molecule has 0 fully saturated rings. The summed E-state index contributed by atoms with van der Waals surface area (Å²) in [6, 6.07) is 24.6. The fourth-order valence-corrected chi connectivity index (χ4v) is 2.90. The molecular weight excluding hydrogens is 284 g/mol. The van der Waals surface area contributed by atoms with Gasteiger partial charge in [-0.25, -0.2) is 4.68 Å². The third kappa shape index (κ3) is 2.29. The van der Waals surface area contributed by atoms with Crippen LogP contribution in [0, 0.1) is 0 Å². The van der Waals surface area contributed by atoms with E-state index in [0.717, 1.165) is 28.0 Å². The number of rotatable bonds is 3. The molecule has 0 aliphatic rings. The maximum atomic E-state index is 5.88. The summed E-state index contributed by atoms with van der Waals surface area (Å²) in [6.07, 6.45) is 0. The van der Waals surface area contributed by atoms with Crippen molar-refractivity contribution >= 4 is 10.8 Å². The van der Waals surface area contributed by atoms with E-state index < -0.39 is 0 Å². The number of benzene rings is 3. The molecule has 3 aromatic carbocycles. The maximum Gasteiger partial charge on any atom is 0.105 e. The van der Waals surface area contributed by atoms with Crippen LogP contribution in [0.25, 0.3) is 27.7 Å². The van der Waals surface area contributed by atoms with Gasteiger partial charge >= 0.3 is 0 Å². The zero-order valence-corrected chi connectivity index (χ0v) is 12.6. The first-order chi connectivity index (χ1) is 11.4. The fourth-order valence-electron chi connectivity index (χ4n) is 2.90. The van der Waals surface area contributed by atoms with Crippen LogP contribution >= 0.6 is 0 Å². The minimum absolute atomic E-state index is 0.356. The molecule has 1 aromatic heterocycles. The lowest BCUT2D eigenvalue weighted by molar-refractivity contribution is 0.804. The molecule has 0 saturated heterocycles. The standard InChI is InChI=1S/C19H16N4/c20-13-17-19(15-8-2-1-3-9-15)23(22-21-17)18-12-6-10-14-7-4-5-11-16(14)18/h1-12H,13,20H2. The number of hydrogen-bond donors (Lipinski definition) is 1. The number of aromatic nitrogens is 3. The topological polar surface area (TPSA) is 56.7 Å². The second-order valence-electron chi connectivity index (χ2n) is 5.36. The molecule has 23 heavy (non-hydrogen) atoms. The van der Waals surface area contributed by atoms with Gasteiger partial charge in [0.05, 0.1) is 11.4 Å². The van der Waals surface area contributed by atoms with E-state index in [4.69, 9.17) is 5.73 Å². The van der Waals surface area contributed by atoms with Crippen molar-refractivity contribution in [2.45, 2.75) is 6.54 Å². The Labute approximate surface area is 134 Å². The Hall–Kier alpha value is -2.98.